The summed E-state index contributed by atoms with van der Waals surface area (Å²) < 4.78 is 31.9. The van der Waals surface area contributed by atoms with E-state index in [2.05, 4.69) is 10.6 Å². The number of nitrogens with one attached hydrogen (secondary N) is 2. The van der Waals surface area contributed by atoms with Crippen molar-refractivity contribution in [2.45, 2.75) is 30.7 Å². The van der Waals surface area contributed by atoms with Crippen molar-refractivity contribution in [2.75, 3.05) is 18.4 Å². The van der Waals surface area contributed by atoms with E-state index in [0.29, 0.717) is 37.2 Å². The van der Waals surface area contributed by atoms with Crippen molar-refractivity contribution in [3.8, 4) is 0 Å². The maximum Gasteiger partial charge on any atom is 0.254 e. The second-order valence-electron chi connectivity index (χ2n) is 6.37. The van der Waals surface area contributed by atoms with Crippen molar-refractivity contribution >= 4 is 27.5 Å². The molecule has 1 aliphatic rings. The Kier molecular flexibility index (Phi) is 5.62. The van der Waals surface area contributed by atoms with Crippen LogP contribution in [-0.4, -0.2) is 43.7 Å². The molecule has 1 fully saturated rings. The lowest BCUT2D eigenvalue weighted by Gasteiger charge is -2.31. The molecule has 1 aromatic carbocycles. The van der Waals surface area contributed by atoms with Gasteiger partial charge in [0.25, 0.3) is 5.91 Å². The summed E-state index contributed by atoms with van der Waals surface area (Å²) in [7, 11) is -3.61. The van der Waals surface area contributed by atoms with E-state index < -0.39 is 10.0 Å². The number of sulfonamides is 1. The summed E-state index contributed by atoms with van der Waals surface area (Å²) in [6, 6.07) is 7.58. The molecule has 0 unspecified atom stereocenters. The minimum absolute atomic E-state index is 0.0824. The highest BCUT2D eigenvalue weighted by Crippen LogP contribution is 2.22. The number of rotatable bonds is 5. The van der Waals surface area contributed by atoms with Crippen molar-refractivity contribution in [3.63, 3.8) is 0 Å². The topological polar surface area (TPSA) is 109 Å². The summed E-state index contributed by atoms with van der Waals surface area (Å²) in [6.07, 6.45) is 3.88. The SMILES string of the molecule is CC(=O)Nc1ccc(S(=O)(=O)N2CCC(NC(=O)c3ccoc3)CC2)cc1. The first kappa shape index (κ1) is 19.1. The zero-order valence-electron chi connectivity index (χ0n) is 14.8. The van der Waals surface area contributed by atoms with E-state index in [9.17, 15) is 18.0 Å². The molecule has 2 amide bonds. The number of furan rings is 1. The summed E-state index contributed by atoms with van der Waals surface area (Å²) in [4.78, 5) is 23.3. The minimum Gasteiger partial charge on any atom is -0.472 e. The Morgan fingerprint density at radius 1 is 1.11 bits per heavy atom. The van der Waals surface area contributed by atoms with Gasteiger partial charge in [-0.25, -0.2) is 8.42 Å². The van der Waals surface area contributed by atoms with E-state index in [0.717, 1.165) is 0 Å². The molecule has 1 aromatic heterocycles. The molecule has 9 heteroatoms. The van der Waals surface area contributed by atoms with Gasteiger partial charge in [0.1, 0.15) is 6.26 Å². The third kappa shape index (κ3) is 4.55. The molecule has 0 spiro atoms. The van der Waals surface area contributed by atoms with E-state index >= 15 is 0 Å². The number of carbonyl (C=O) groups excluding carboxylic acids is 2. The molecule has 0 radical (unpaired) electrons. The Labute approximate surface area is 157 Å². The number of hydrogen-bond donors (Lipinski definition) is 2. The molecular formula is C18H21N3O5S. The molecule has 0 atom stereocenters. The van der Waals surface area contributed by atoms with Gasteiger partial charge in [-0.1, -0.05) is 0 Å². The van der Waals surface area contributed by atoms with Gasteiger partial charge in [0.2, 0.25) is 15.9 Å². The molecule has 1 aliphatic heterocycles. The Balaban J connectivity index is 1.59. The summed E-state index contributed by atoms with van der Waals surface area (Å²) in [6.45, 7) is 2.04. The number of carbonyl (C=O) groups is 2. The van der Waals surface area contributed by atoms with Crippen LogP contribution in [0.25, 0.3) is 0 Å². The Hall–Kier alpha value is -2.65. The van der Waals surface area contributed by atoms with Gasteiger partial charge in [0.15, 0.2) is 0 Å². The lowest BCUT2D eigenvalue weighted by molar-refractivity contribution is -0.114. The van der Waals surface area contributed by atoms with Crippen LogP contribution in [0, 0.1) is 0 Å². The molecule has 144 valence electrons. The Morgan fingerprint density at radius 2 is 1.78 bits per heavy atom. The standard InChI is InChI=1S/C18H21N3O5S/c1-13(22)19-15-2-4-17(5-3-15)27(24,25)21-9-6-16(7-10-21)20-18(23)14-8-11-26-12-14/h2-5,8,11-12,16H,6-7,9-10H2,1H3,(H,19,22)(H,20,23). The van der Waals surface area contributed by atoms with Gasteiger partial charge in [-0.15, -0.1) is 0 Å². The third-order valence-corrected chi connectivity index (χ3v) is 6.30. The molecule has 0 bridgehead atoms. The zero-order valence-corrected chi connectivity index (χ0v) is 15.7. The van der Waals surface area contributed by atoms with Crippen LogP contribution in [0.15, 0.2) is 52.2 Å². The fourth-order valence-electron chi connectivity index (χ4n) is 2.97. The lowest BCUT2D eigenvalue weighted by atomic mass is 10.1. The molecule has 1 saturated heterocycles. The summed E-state index contributed by atoms with van der Waals surface area (Å²) in [5, 5.41) is 5.50. The van der Waals surface area contributed by atoms with Gasteiger partial charge in [-0.2, -0.15) is 4.31 Å². The Morgan fingerprint density at radius 3 is 2.33 bits per heavy atom. The first-order chi connectivity index (χ1) is 12.9. The molecule has 2 heterocycles. The molecule has 0 aliphatic carbocycles. The molecule has 2 N–H and O–H groups in total. The van der Waals surface area contributed by atoms with E-state index in [1.165, 1.54) is 35.9 Å². The number of amides is 2. The van der Waals surface area contributed by atoms with Crippen LogP contribution in [-0.2, 0) is 14.8 Å². The van der Waals surface area contributed by atoms with Crippen LogP contribution in [0.5, 0.6) is 0 Å². The van der Waals surface area contributed by atoms with E-state index in [1.54, 1.807) is 18.2 Å². The van der Waals surface area contributed by atoms with Crippen LogP contribution in [0.4, 0.5) is 5.69 Å². The quantitative estimate of drug-likeness (QED) is 0.808. The maximum atomic E-state index is 12.8. The number of piperidine rings is 1. The second kappa shape index (κ2) is 7.93. The normalized spacial score (nSPS) is 16.0. The average Bonchev–Trinajstić information content (AvgIpc) is 3.17. The van der Waals surface area contributed by atoms with E-state index in [1.807, 2.05) is 0 Å². The maximum absolute atomic E-state index is 12.8. The summed E-state index contributed by atoms with van der Waals surface area (Å²) >= 11 is 0. The first-order valence-electron chi connectivity index (χ1n) is 8.57. The van der Waals surface area contributed by atoms with Crippen LogP contribution in [0.2, 0.25) is 0 Å². The van der Waals surface area contributed by atoms with Crippen LogP contribution >= 0.6 is 0 Å². The average molecular weight is 391 g/mol. The predicted molar refractivity (Wildman–Crippen MR) is 98.7 cm³/mol. The highest BCUT2D eigenvalue weighted by Gasteiger charge is 2.30. The van der Waals surface area contributed by atoms with Gasteiger partial charge < -0.3 is 15.1 Å². The molecule has 3 rings (SSSR count). The molecule has 0 saturated carbocycles. The van der Waals surface area contributed by atoms with Crippen molar-refractivity contribution < 1.29 is 22.4 Å². The van der Waals surface area contributed by atoms with Gasteiger partial charge in [0.05, 0.1) is 16.7 Å². The fraction of sp³-hybridized carbons (Fsp3) is 0.333. The van der Waals surface area contributed by atoms with Gasteiger partial charge >= 0.3 is 0 Å². The monoisotopic (exact) mass is 391 g/mol. The minimum atomic E-state index is -3.61. The van der Waals surface area contributed by atoms with Crippen LogP contribution in [0.3, 0.4) is 0 Å². The molecule has 8 nitrogen and oxygen atoms in total. The molecule has 2 aromatic rings. The van der Waals surface area contributed by atoms with E-state index in [-0.39, 0.29) is 22.8 Å². The lowest BCUT2D eigenvalue weighted by Crippen LogP contribution is -2.46. The summed E-state index contributed by atoms with van der Waals surface area (Å²) in [5.41, 5.74) is 0.992. The molecule has 27 heavy (non-hydrogen) atoms. The van der Waals surface area contributed by atoms with Crippen molar-refractivity contribution in [2.24, 2.45) is 0 Å². The van der Waals surface area contributed by atoms with E-state index in [4.69, 9.17) is 4.42 Å². The smallest absolute Gasteiger partial charge is 0.254 e. The third-order valence-electron chi connectivity index (χ3n) is 4.38. The van der Waals surface area contributed by atoms with Gasteiger partial charge in [0, 0.05) is 31.7 Å². The van der Waals surface area contributed by atoms with Crippen LogP contribution in [0.1, 0.15) is 30.1 Å². The highest BCUT2D eigenvalue weighted by molar-refractivity contribution is 7.89. The fourth-order valence-corrected chi connectivity index (χ4v) is 4.44. The van der Waals surface area contributed by atoms with Crippen molar-refractivity contribution in [1.29, 1.82) is 0 Å². The predicted octanol–water partition coefficient (Wildman–Crippen LogP) is 1.82. The first-order valence-corrected chi connectivity index (χ1v) is 10.0. The van der Waals surface area contributed by atoms with Gasteiger partial charge in [-0.05, 0) is 43.2 Å². The second-order valence-corrected chi connectivity index (χ2v) is 8.31. The molecular weight excluding hydrogens is 370 g/mol. The number of benzene rings is 1. The Bertz CT molecular complexity index is 899. The highest BCUT2D eigenvalue weighted by atomic mass is 32.2. The van der Waals surface area contributed by atoms with Crippen molar-refractivity contribution in [3.05, 3.63) is 48.4 Å². The van der Waals surface area contributed by atoms with Crippen LogP contribution < -0.4 is 10.6 Å². The summed E-state index contributed by atoms with van der Waals surface area (Å²) in [5.74, 6) is -0.441. The number of nitrogens with zero attached hydrogens (tertiary/aromatic N) is 1. The zero-order chi connectivity index (χ0) is 19.4. The van der Waals surface area contributed by atoms with Gasteiger partial charge in [-0.3, -0.25) is 9.59 Å². The van der Waals surface area contributed by atoms with Crippen molar-refractivity contribution in [1.82, 2.24) is 9.62 Å². The number of anilines is 1. The largest absolute Gasteiger partial charge is 0.472 e. The number of hydrogen-bond acceptors (Lipinski definition) is 5.